The first-order valence-electron chi connectivity index (χ1n) is 9.05. The van der Waals surface area contributed by atoms with Crippen molar-refractivity contribution in [3.63, 3.8) is 0 Å². The molecule has 0 aliphatic heterocycles. The fourth-order valence-electron chi connectivity index (χ4n) is 2.92. The van der Waals surface area contributed by atoms with Crippen LogP contribution in [0.5, 0.6) is 0 Å². The maximum atomic E-state index is 13.6. The Balaban J connectivity index is 1.80. The van der Waals surface area contributed by atoms with Crippen LogP contribution in [0, 0.1) is 12.7 Å². The molecule has 2 aromatic heterocycles. The van der Waals surface area contributed by atoms with E-state index in [0.29, 0.717) is 5.82 Å². The zero-order valence-corrected chi connectivity index (χ0v) is 17.5. The second-order valence-electron chi connectivity index (χ2n) is 6.68. The second-order valence-corrected chi connectivity index (χ2v) is 8.69. The van der Waals surface area contributed by atoms with Crippen LogP contribution in [0.3, 0.4) is 0 Å². The summed E-state index contributed by atoms with van der Waals surface area (Å²) in [6, 6.07) is 10.0. The molecule has 2 heterocycles. The van der Waals surface area contributed by atoms with Gasteiger partial charge < -0.3 is 5.32 Å². The van der Waals surface area contributed by atoms with E-state index in [9.17, 15) is 17.6 Å². The normalized spacial score (nSPS) is 11.9. The highest BCUT2D eigenvalue weighted by Gasteiger charge is 2.14. The molecule has 0 radical (unpaired) electrons. The monoisotopic (exact) mass is 425 g/mol. The van der Waals surface area contributed by atoms with Crippen molar-refractivity contribution >= 4 is 27.1 Å². The lowest BCUT2D eigenvalue weighted by Crippen LogP contribution is -2.15. The highest BCUT2D eigenvalue weighted by atomic mass is 32.2. The average molecular weight is 425 g/mol. The first-order valence-corrected chi connectivity index (χ1v) is 10.9. The molecule has 0 spiro atoms. The molecule has 30 heavy (non-hydrogen) atoms. The Morgan fingerprint density at radius 3 is 2.27 bits per heavy atom. The number of amides is 1. The van der Waals surface area contributed by atoms with Crippen LogP contribution in [0.25, 0.3) is 5.57 Å². The molecule has 1 aromatic carbocycles. The predicted octanol–water partition coefficient (Wildman–Crippen LogP) is 4.03. The number of allylic oxidation sites excluding steroid dienone is 1. The summed E-state index contributed by atoms with van der Waals surface area (Å²) in [5.41, 5.74) is 2.86. The number of aromatic nitrogens is 2. The van der Waals surface area contributed by atoms with Crippen LogP contribution in [-0.2, 0) is 9.84 Å². The summed E-state index contributed by atoms with van der Waals surface area (Å²) >= 11 is 0. The van der Waals surface area contributed by atoms with E-state index in [0.717, 1.165) is 29.2 Å². The third-order valence-corrected chi connectivity index (χ3v) is 5.73. The van der Waals surface area contributed by atoms with Crippen LogP contribution in [0.1, 0.15) is 34.0 Å². The molecular formula is C22H20FN3O3S. The molecular weight excluding hydrogens is 405 g/mol. The van der Waals surface area contributed by atoms with Gasteiger partial charge in [-0.15, -0.1) is 0 Å². The highest BCUT2D eigenvalue weighted by Crippen LogP contribution is 2.25. The standard InChI is InChI=1S/C22H20FN3O3S/c1-4-18(15-5-8-17(9-6-15)30(3,28)29)16-7-10-21(25-11-16)26-22(27)19-12-24-13-20(23)14(19)2/h4-13H,1-3H3,(H,25,26,27)/b18-4-. The van der Waals surface area contributed by atoms with E-state index >= 15 is 0 Å². The van der Waals surface area contributed by atoms with Gasteiger partial charge in [-0.05, 0) is 49.2 Å². The second kappa shape index (κ2) is 8.54. The number of halogens is 1. The molecule has 0 fully saturated rings. The number of anilines is 1. The smallest absolute Gasteiger partial charge is 0.258 e. The van der Waals surface area contributed by atoms with Crippen molar-refractivity contribution in [2.45, 2.75) is 18.7 Å². The molecule has 0 bridgehead atoms. The molecule has 0 saturated carbocycles. The lowest BCUT2D eigenvalue weighted by Gasteiger charge is -2.10. The zero-order valence-electron chi connectivity index (χ0n) is 16.7. The van der Waals surface area contributed by atoms with Crippen LogP contribution in [0.4, 0.5) is 10.2 Å². The Morgan fingerprint density at radius 2 is 1.70 bits per heavy atom. The van der Waals surface area contributed by atoms with E-state index in [-0.39, 0.29) is 16.0 Å². The number of hydrogen-bond donors (Lipinski definition) is 1. The molecule has 8 heteroatoms. The van der Waals surface area contributed by atoms with Crippen molar-refractivity contribution in [3.8, 4) is 0 Å². The Bertz CT molecular complexity index is 1220. The lowest BCUT2D eigenvalue weighted by atomic mass is 9.99. The van der Waals surface area contributed by atoms with E-state index in [2.05, 4.69) is 15.3 Å². The van der Waals surface area contributed by atoms with Crippen LogP contribution >= 0.6 is 0 Å². The van der Waals surface area contributed by atoms with Crippen LogP contribution < -0.4 is 5.32 Å². The molecule has 0 aliphatic rings. The summed E-state index contributed by atoms with van der Waals surface area (Å²) in [5.74, 6) is -0.733. The molecule has 154 valence electrons. The number of carbonyl (C=O) groups excluding carboxylic acids is 1. The molecule has 0 unspecified atom stereocenters. The van der Waals surface area contributed by atoms with E-state index in [1.165, 1.54) is 13.1 Å². The Morgan fingerprint density at radius 1 is 1.03 bits per heavy atom. The molecule has 0 atom stereocenters. The molecule has 3 aromatic rings. The maximum absolute atomic E-state index is 13.6. The summed E-state index contributed by atoms with van der Waals surface area (Å²) in [5, 5.41) is 2.63. The summed E-state index contributed by atoms with van der Waals surface area (Å²) < 4.78 is 36.9. The molecule has 1 N–H and O–H groups in total. The van der Waals surface area contributed by atoms with Gasteiger partial charge >= 0.3 is 0 Å². The van der Waals surface area contributed by atoms with Gasteiger partial charge in [-0.25, -0.2) is 17.8 Å². The van der Waals surface area contributed by atoms with E-state index in [1.54, 1.807) is 42.6 Å². The Labute approximate surface area is 174 Å². The Hall–Kier alpha value is -3.39. The summed E-state index contributed by atoms with van der Waals surface area (Å²) in [4.78, 5) is 20.6. The summed E-state index contributed by atoms with van der Waals surface area (Å²) in [6.45, 7) is 3.38. The van der Waals surface area contributed by atoms with Crippen molar-refractivity contribution in [1.29, 1.82) is 0 Å². The van der Waals surface area contributed by atoms with Gasteiger partial charge in [-0.1, -0.05) is 18.2 Å². The largest absolute Gasteiger partial charge is 0.307 e. The topological polar surface area (TPSA) is 89.0 Å². The zero-order chi connectivity index (χ0) is 21.9. The Kier molecular flexibility index (Phi) is 6.07. The van der Waals surface area contributed by atoms with Gasteiger partial charge in [0.2, 0.25) is 0 Å². The lowest BCUT2D eigenvalue weighted by molar-refractivity contribution is 0.102. The quantitative estimate of drug-likeness (QED) is 0.667. The van der Waals surface area contributed by atoms with Crippen molar-refractivity contribution < 1.29 is 17.6 Å². The first kappa shape index (κ1) is 21.3. The first-order chi connectivity index (χ1) is 14.2. The third-order valence-electron chi connectivity index (χ3n) is 4.60. The van der Waals surface area contributed by atoms with Gasteiger partial charge in [0.05, 0.1) is 16.7 Å². The van der Waals surface area contributed by atoms with Crippen LogP contribution in [0.15, 0.2) is 66.0 Å². The molecule has 0 saturated heterocycles. The minimum atomic E-state index is -3.26. The van der Waals surface area contributed by atoms with Crippen LogP contribution in [-0.4, -0.2) is 30.5 Å². The van der Waals surface area contributed by atoms with E-state index in [4.69, 9.17) is 0 Å². The number of nitrogens with zero attached hydrogens (tertiary/aromatic N) is 2. The number of carbonyl (C=O) groups is 1. The summed E-state index contributed by atoms with van der Waals surface area (Å²) in [7, 11) is -3.26. The maximum Gasteiger partial charge on any atom is 0.258 e. The van der Waals surface area contributed by atoms with Crippen molar-refractivity contribution in [1.82, 2.24) is 9.97 Å². The van der Waals surface area contributed by atoms with Crippen LogP contribution in [0.2, 0.25) is 0 Å². The van der Waals surface area contributed by atoms with Gasteiger partial charge in [-0.2, -0.15) is 0 Å². The summed E-state index contributed by atoms with van der Waals surface area (Å²) in [6.07, 6.45) is 7.02. The third kappa shape index (κ3) is 4.60. The van der Waals surface area contributed by atoms with E-state index < -0.39 is 21.6 Å². The molecule has 3 rings (SSSR count). The number of benzene rings is 1. The van der Waals surface area contributed by atoms with E-state index in [1.807, 2.05) is 13.0 Å². The predicted molar refractivity (Wildman–Crippen MR) is 113 cm³/mol. The minimum absolute atomic E-state index is 0.140. The fourth-order valence-corrected chi connectivity index (χ4v) is 3.55. The number of pyridine rings is 2. The average Bonchev–Trinajstić information content (AvgIpc) is 2.71. The van der Waals surface area contributed by atoms with Gasteiger partial charge in [0.25, 0.3) is 5.91 Å². The van der Waals surface area contributed by atoms with Gasteiger partial charge in [0.15, 0.2) is 9.84 Å². The molecule has 6 nitrogen and oxygen atoms in total. The molecule has 0 aliphatic carbocycles. The number of rotatable bonds is 5. The van der Waals surface area contributed by atoms with Crippen molar-refractivity contribution in [3.05, 3.63) is 89.1 Å². The SMILES string of the molecule is C/C=C(/c1ccc(S(C)(=O)=O)cc1)c1ccc(NC(=O)c2cncc(F)c2C)nc1. The van der Waals surface area contributed by atoms with Crippen molar-refractivity contribution in [2.24, 2.45) is 0 Å². The van der Waals surface area contributed by atoms with Crippen molar-refractivity contribution in [2.75, 3.05) is 11.6 Å². The van der Waals surface area contributed by atoms with Gasteiger partial charge in [0, 0.05) is 29.8 Å². The van der Waals surface area contributed by atoms with Gasteiger partial charge in [-0.3, -0.25) is 9.78 Å². The number of nitrogens with one attached hydrogen (secondary N) is 1. The van der Waals surface area contributed by atoms with Gasteiger partial charge in [0.1, 0.15) is 11.6 Å². The fraction of sp³-hybridized carbons (Fsp3) is 0.136. The molecule has 1 amide bonds. The minimum Gasteiger partial charge on any atom is -0.307 e. The number of hydrogen-bond acceptors (Lipinski definition) is 5. The highest BCUT2D eigenvalue weighted by molar-refractivity contribution is 7.90. The number of sulfone groups is 1.